The molecular weight excluding hydrogens is 338 g/mol. The molecule has 4 aromatic rings. The highest BCUT2D eigenvalue weighted by atomic mass is 16.5. The van der Waals surface area contributed by atoms with Crippen molar-refractivity contribution in [3.05, 3.63) is 90.8 Å². The smallest absolute Gasteiger partial charge is 0.250 e. The van der Waals surface area contributed by atoms with Crippen molar-refractivity contribution in [1.29, 1.82) is 0 Å². The molecule has 27 heavy (non-hydrogen) atoms. The first-order valence-electron chi connectivity index (χ1n) is 8.74. The molecule has 0 saturated carbocycles. The number of nitrogens with one attached hydrogen (secondary N) is 1. The highest BCUT2D eigenvalue weighted by Crippen LogP contribution is 2.19. The first-order valence-corrected chi connectivity index (χ1v) is 8.74. The summed E-state index contributed by atoms with van der Waals surface area (Å²) in [7, 11) is 0. The van der Waals surface area contributed by atoms with Gasteiger partial charge in [0.2, 0.25) is 5.91 Å². The van der Waals surface area contributed by atoms with Crippen LogP contribution in [0.25, 0.3) is 16.7 Å². The number of fused-ring (bicyclic) bond motifs is 1. The Morgan fingerprint density at radius 1 is 0.926 bits per heavy atom. The molecule has 0 bridgehead atoms. The molecule has 0 saturated heterocycles. The van der Waals surface area contributed by atoms with Crippen LogP contribution in [0, 0.1) is 0 Å². The van der Waals surface area contributed by atoms with Gasteiger partial charge in [0, 0.05) is 11.4 Å². The third kappa shape index (κ3) is 4.04. The molecule has 0 aliphatic carbocycles. The van der Waals surface area contributed by atoms with Crippen molar-refractivity contribution in [2.45, 2.75) is 6.61 Å². The Labute approximate surface area is 157 Å². The number of imidazole rings is 1. The quantitative estimate of drug-likeness (QED) is 0.563. The van der Waals surface area contributed by atoms with E-state index >= 15 is 0 Å². The van der Waals surface area contributed by atoms with E-state index in [1.165, 1.54) is 0 Å². The lowest BCUT2D eigenvalue weighted by atomic mass is 10.2. The molecule has 4 rings (SSSR count). The summed E-state index contributed by atoms with van der Waals surface area (Å²) < 4.78 is 7.48. The van der Waals surface area contributed by atoms with Crippen molar-refractivity contribution in [3.63, 3.8) is 0 Å². The molecule has 0 atom stereocenters. The van der Waals surface area contributed by atoms with Crippen LogP contribution >= 0.6 is 0 Å². The van der Waals surface area contributed by atoms with Crippen molar-refractivity contribution in [2.75, 3.05) is 11.9 Å². The van der Waals surface area contributed by atoms with Crippen LogP contribution in [-0.2, 0) is 16.1 Å². The summed E-state index contributed by atoms with van der Waals surface area (Å²) in [5.41, 5.74) is 4.76. The fraction of sp³-hybridized carbons (Fsp3) is 0.0909. The summed E-state index contributed by atoms with van der Waals surface area (Å²) in [4.78, 5) is 16.4. The molecule has 0 fully saturated rings. The van der Waals surface area contributed by atoms with E-state index in [0.717, 1.165) is 28.0 Å². The molecule has 1 aromatic heterocycles. The normalized spacial score (nSPS) is 10.8. The standard InChI is InChI=1S/C22H19N3O2/c26-22(15-27-14-17-6-2-1-3-7-17)24-18-10-12-19(13-11-18)25-16-23-20-8-4-5-9-21(20)25/h1-13,16H,14-15H2,(H,24,26). The fourth-order valence-corrected chi connectivity index (χ4v) is 2.90. The van der Waals surface area contributed by atoms with Crippen LogP contribution in [0.2, 0.25) is 0 Å². The van der Waals surface area contributed by atoms with Crippen LogP contribution in [0.1, 0.15) is 5.56 Å². The average molecular weight is 357 g/mol. The molecule has 0 aliphatic rings. The number of rotatable bonds is 6. The van der Waals surface area contributed by atoms with Gasteiger partial charge in [0.15, 0.2) is 0 Å². The molecule has 5 nitrogen and oxygen atoms in total. The van der Waals surface area contributed by atoms with Crippen molar-refractivity contribution < 1.29 is 9.53 Å². The van der Waals surface area contributed by atoms with E-state index in [2.05, 4.69) is 10.3 Å². The van der Waals surface area contributed by atoms with E-state index in [9.17, 15) is 4.79 Å². The number of aromatic nitrogens is 2. The van der Waals surface area contributed by atoms with Crippen molar-refractivity contribution >= 4 is 22.6 Å². The van der Waals surface area contributed by atoms with Gasteiger partial charge >= 0.3 is 0 Å². The Kier molecular flexibility index (Phi) is 4.94. The number of anilines is 1. The minimum absolute atomic E-state index is 0.0167. The molecule has 1 N–H and O–H groups in total. The maximum Gasteiger partial charge on any atom is 0.250 e. The van der Waals surface area contributed by atoms with E-state index < -0.39 is 0 Å². The predicted molar refractivity (Wildman–Crippen MR) is 106 cm³/mol. The van der Waals surface area contributed by atoms with Gasteiger partial charge in [0.1, 0.15) is 12.9 Å². The third-order valence-electron chi connectivity index (χ3n) is 4.23. The Hall–Kier alpha value is -3.44. The molecule has 1 amide bonds. The van der Waals surface area contributed by atoms with Crippen LogP contribution in [-0.4, -0.2) is 22.1 Å². The van der Waals surface area contributed by atoms with Gasteiger partial charge in [-0.25, -0.2) is 4.98 Å². The second-order valence-corrected chi connectivity index (χ2v) is 6.18. The minimum atomic E-state index is -0.174. The van der Waals surface area contributed by atoms with Gasteiger partial charge in [-0.05, 0) is 42.0 Å². The zero-order valence-electron chi connectivity index (χ0n) is 14.7. The zero-order chi connectivity index (χ0) is 18.5. The first-order chi connectivity index (χ1) is 13.3. The van der Waals surface area contributed by atoms with E-state index in [0.29, 0.717) is 6.61 Å². The van der Waals surface area contributed by atoms with Gasteiger partial charge < -0.3 is 10.1 Å². The van der Waals surface area contributed by atoms with Crippen LogP contribution < -0.4 is 5.32 Å². The number of carbonyl (C=O) groups excluding carboxylic acids is 1. The summed E-state index contributed by atoms with van der Waals surface area (Å²) in [6, 6.07) is 25.4. The maximum absolute atomic E-state index is 12.0. The van der Waals surface area contributed by atoms with E-state index in [-0.39, 0.29) is 12.5 Å². The van der Waals surface area contributed by atoms with Crippen LogP contribution in [0.4, 0.5) is 5.69 Å². The van der Waals surface area contributed by atoms with Gasteiger partial charge in [-0.1, -0.05) is 42.5 Å². The first kappa shape index (κ1) is 17.0. The number of carbonyl (C=O) groups is 1. The molecule has 0 spiro atoms. The molecule has 1 heterocycles. The van der Waals surface area contributed by atoms with E-state index in [1.807, 2.05) is 83.4 Å². The highest BCUT2D eigenvalue weighted by Gasteiger charge is 2.06. The van der Waals surface area contributed by atoms with Gasteiger partial charge in [0.05, 0.1) is 17.6 Å². The van der Waals surface area contributed by atoms with Gasteiger partial charge in [-0.2, -0.15) is 0 Å². The average Bonchev–Trinajstić information content (AvgIpc) is 3.14. The maximum atomic E-state index is 12.0. The second kappa shape index (κ2) is 7.85. The molecule has 0 radical (unpaired) electrons. The van der Waals surface area contributed by atoms with Crippen molar-refractivity contribution in [2.24, 2.45) is 0 Å². The molecular formula is C22H19N3O2. The number of hydrogen-bond donors (Lipinski definition) is 1. The fourth-order valence-electron chi connectivity index (χ4n) is 2.90. The minimum Gasteiger partial charge on any atom is -0.367 e. The SMILES string of the molecule is O=C(COCc1ccccc1)Nc1ccc(-n2cnc3ccccc32)cc1. The summed E-state index contributed by atoms with van der Waals surface area (Å²) in [5.74, 6) is -0.174. The van der Waals surface area contributed by atoms with Gasteiger partial charge in [0.25, 0.3) is 0 Å². The number of ether oxygens (including phenoxy) is 1. The number of nitrogens with zero attached hydrogens (tertiary/aromatic N) is 2. The molecule has 5 heteroatoms. The van der Waals surface area contributed by atoms with Gasteiger partial charge in [-0.3, -0.25) is 9.36 Å². The van der Waals surface area contributed by atoms with Crippen molar-refractivity contribution in [3.8, 4) is 5.69 Å². The number of para-hydroxylation sites is 2. The lowest BCUT2D eigenvalue weighted by Crippen LogP contribution is -2.18. The topological polar surface area (TPSA) is 56.1 Å². The number of benzene rings is 3. The van der Waals surface area contributed by atoms with Crippen LogP contribution in [0.15, 0.2) is 85.2 Å². The summed E-state index contributed by atoms with van der Waals surface area (Å²) >= 11 is 0. The van der Waals surface area contributed by atoms with E-state index in [1.54, 1.807) is 6.33 Å². The molecule has 0 aliphatic heterocycles. The lowest BCUT2D eigenvalue weighted by Gasteiger charge is -2.08. The third-order valence-corrected chi connectivity index (χ3v) is 4.23. The predicted octanol–water partition coefficient (Wildman–Crippen LogP) is 4.18. The Morgan fingerprint density at radius 3 is 2.48 bits per heavy atom. The monoisotopic (exact) mass is 357 g/mol. The summed E-state index contributed by atoms with van der Waals surface area (Å²) in [6.07, 6.45) is 1.80. The Bertz CT molecular complexity index is 1040. The van der Waals surface area contributed by atoms with Crippen LogP contribution in [0.3, 0.4) is 0 Å². The highest BCUT2D eigenvalue weighted by molar-refractivity contribution is 5.91. The number of amides is 1. The Morgan fingerprint density at radius 2 is 1.67 bits per heavy atom. The molecule has 3 aromatic carbocycles. The molecule has 134 valence electrons. The second-order valence-electron chi connectivity index (χ2n) is 6.18. The van der Waals surface area contributed by atoms with E-state index in [4.69, 9.17) is 4.74 Å². The van der Waals surface area contributed by atoms with Crippen molar-refractivity contribution in [1.82, 2.24) is 9.55 Å². The van der Waals surface area contributed by atoms with Gasteiger partial charge in [-0.15, -0.1) is 0 Å². The largest absolute Gasteiger partial charge is 0.367 e. The molecule has 0 unspecified atom stereocenters. The summed E-state index contributed by atoms with van der Waals surface area (Å²) in [6.45, 7) is 0.434. The lowest BCUT2D eigenvalue weighted by molar-refractivity contribution is -0.121. The van der Waals surface area contributed by atoms with Crippen LogP contribution in [0.5, 0.6) is 0 Å². The number of hydrogen-bond acceptors (Lipinski definition) is 3. The Balaban J connectivity index is 1.35. The zero-order valence-corrected chi connectivity index (χ0v) is 14.7. The summed E-state index contributed by atoms with van der Waals surface area (Å²) in [5, 5.41) is 2.85.